The van der Waals surface area contributed by atoms with Crippen LogP contribution in [0.25, 0.3) is 0 Å². The molecule has 0 saturated carbocycles. The van der Waals surface area contributed by atoms with Gasteiger partial charge >= 0.3 is 35.7 Å². The number of nitrogens with zero attached hydrogens (tertiary/aromatic N) is 1. The quantitative estimate of drug-likeness (QED) is 0.354. The molecule has 0 heterocycles. The number of halogens is 3. The van der Waals surface area contributed by atoms with Crippen molar-refractivity contribution in [3.8, 4) is 0 Å². The molecule has 0 radical (unpaired) electrons. The van der Waals surface area contributed by atoms with Crippen LogP contribution in [0, 0.1) is 5.21 Å². The number of hydrogen-bond donors (Lipinski definition) is 0. The van der Waals surface area contributed by atoms with Crippen LogP contribution in [0.15, 0.2) is 29.4 Å². The van der Waals surface area contributed by atoms with Gasteiger partial charge in [-0.1, -0.05) is 12.1 Å². The second-order valence-corrected chi connectivity index (χ2v) is 2.35. The molecule has 1 aromatic carbocycles. The van der Waals surface area contributed by atoms with Crippen LogP contribution in [0.4, 0.5) is 13.2 Å². The maximum atomic E-state index is 12.0. The van der Waals surface area contributed by atoms with Gasteiger partial charge in [0, 0.05) is 6.21 Å². The fourth-order valence-electron chi connectivity index (χ4n) is 0.819. The zero-order valence-corrected chi connectivity index (χ0v) is 9.38. The van der Waals surface area contributed by atoms with E-state index in [9.17, 15) is 18.4 Å². The molecule has 0 bridgehead atoms. The summed E-state index contributed by atoms with van der Waals surface area (Å²) in [5.41, 5.74) is -0.390. The standard InChI is InChI=1S/C8H6F3NO.Na/c9-8(10,11)7-3-1-6(2-4-7)5-12-13;/h1-5,13H;/q;+1/p-1. The summed E-state index contributed by atoms with van der Waals surface area (Å²) < 4.78 is 36.0. The van der Waals surface area contributed by atoms with E-state index in [1.165, 1.54) is 12.1 Å². The third-order valence-electron chi connectivity index (χ3n) is 1.44. The summed E-state index contributed by atoms with van der Waals surface area (Å²) >= 11 is 0. The Bertz CT molecular complexity index is 307. The number of rotatable bonds is 1. The van der Waals surface area contributed by atoms with Crippen molar-refractivity contribution in [2.24, 2.45) is 5.16 Å². The van der Waals surface area contributed by atoms with Crippen LogP contribution in [0.2, 0.25) is 0 Å². The fourth-order valence-corrected chi connectivity index (χ4v) is 0.819. The Morgan fingerprint density at radius 3 is 2.00 bits per heavy atom. The Hall–Kier alpha value is -0.520. The van der Waals surface area contributed by atoms with Gasteiger partial charge in [-0.25, -0.2) is 0 Å². The van der Waals surface area contributed by atoms with Crippen LogP contribution in [0.3, 0.4) is 0 Å². The molecule has 0 unspecified atom stereocenters. The molecule has 0 spiro atoms. The van der Waals surface area contributed by atoms with Crippen molar-refractivity contribution in [3.63, 3.8) is 0 Å². The molecule has 6 heteroatoms. The largest absolute Gasteiger partial charge is 1.00 e. The van der Waals surface area contributed by atoms with Crippen LogP contribution >= 0.6 is 0 Å². The average molecular weight is 211 g/mol. The minimum atomic E-state index is -4.34. The van der Waals surface area contributed by atoms with Crippen LogP contribution in [0.5, 0.6) is 0 Å². The van der Waals surface area contributed by atoms with Crippen LogP contribution in [0.1, 0.15) is 11.1 Å². The van der Waals surface area contributed by atoms with Gasteiger partial charge in [-0.3, -0.25) is 0 Å². The first kappa shape index (κ1) is 13.5. The van der Waals surface area contributed by atoms with Gasteiger partial charge in [0.2, 0.25) is 0 Å². The maximum Gasteiger partial charge on any atom is 1.00 e. The molecule has 70 valence electrons. The Kier molecular flexibility index (Phi) is 5.18. The maximum absolute atomic E-state index is 12.0. The summed E-state index contributed by atoms with van der Waals surface area (Å²) in [6, 6.07) is 4.17. The normalized spacial score (nSPS) is 11.4. The zero-order valence-electron chi connectivity index (χ0n) is 7.38. The smallest absolute Gasteiger partial charge is 0.792 e. The zero-order chi connectivity index (χ0) is 9.90. The second kappa shape index (κ2) is 5.38. The predicted molar refractivity (Wildman–Crippen MR) is 42.4 cm³/mol. The molecule has 0 aliphatic heterocycles. The summed E-state index contributed by atoms with van der Waals surface area (Å²) in [4.78, 5) is 0. The van der Waals surface area contributed by atoms with E-state index in [4.69, 9.17) is 0 Å². The van der Waals surface area contributed by atoms with Crippen molar-refractivity contribution in [1.82, 2.24) is 0 Å². The SMILES string of the molecule is [Na+].[O-]N=Cc1ccc(C(F)(F)F)cc1. The Morgan fingerprint density at radius 2 is 1.64 bits per heavy atom. The minimum absolute atomic E-state index is 0. The van der Waals surface area contributed by atoms with Gasteiger partial charge in [-0.15, -0.1) is 0 Å². The van der Waals surface area contributed by atoms with Crippen molar-refractivity contribution in [2.75, 3.05) is 0 Å². The van der Waals surface area contributed by atoms with E-state index in [0.717, 1.165) is 18.3 Å². The summed E-state index contributed by atoms with van der Waals surface area (Å²) in [7, 11) is 0. The predicted octanol–water partition coefficient (Wildman–Crippen LogP) is -0.374. The first-order valence-electron chi connectivity index (χ1n) is 3.37. The van der Waals surface area contributed by atoms with Gasteiger partial charge in [0.15, 0.2) is 0 Å². The number of alkyl halides is 3. The van der Waals surface area contributed by atoms with E-state index in [1.807, 2.05) is 0 Å². The van der Waals surface area contributed by atoms with Gasteiger partial charge in [-0.05, 0) is 17.7 Å². The van der Waals surface area contributed by atoms with Gasteiger partial charge < -0.3 is 10.4 Å². The van der Waals surface area contributed by atoms with Crippen molar-refractivity contribution in [3.05, 3.63) is 40.6 Å². The van der Waals surface area contributed by atoms with E-state index in [2.05, 4.69) is 5.16 Å². The minimum Gasteiger partial charge on any atom is -0.792 e. The molecule has 1 rings (SSSR count). The molecule has 0 saturated heterocycles. The molecular weight excluding hydrogens is 206 g/mol. The van der Waals surface area contributed by atoms with Crippen molar-refractivity contribution in [2.45, 2.75) is 6.18 Å². The fraction of sp³-hybridized carbons (Fsp3) is 0.125. The van der Waals surface area contributed by atoms with Gasteiger partial charge in [0.05, 0.1) is 5.56 Å². The van der Waals surface area contributed by atoms with Crippen LogP contribution in [-0.4, -0.2) is 6.21 Å². The first-order valence-corrected chi connectivity index (χ1v) is 3.37. The monoisotopic (exact) mass is 211 g/mol. The van der Waals surface area contributed by atoms with E-state index in [1.54, 1.807) is 0 Å². The number of benzene rings is 1. The summed E-state index contributed by atoms with van der Waals surface area (Å²) in [5, 5.41) is 12.2. The first-order chi connectivity index (χ1) is 6.04. The average Bonchev–Trinajstić information content (AvgIpc) is 2.04. The summed E-state index contributed by atoms with van der Waals surface area (Å²) in [6.07, 6.45) is -3.40. The molecule has 0 aliphatic rings. The number of hydrogen-bond acceptors (Lipinski definition) is 2. The van der Waals surface area contributed by atoms with Crippen LogP contribution < -0.4 is 29.6 Å². The molecule has 0 aliphatic carbocycles. The molecule has 14 heavy (non-hydrogen) atoms. The summed E-state index contributed by atoms with van der Waals surface area (Å²) in [5.74, 6) is 0. The molecule has 2 nitrogen and oxygen atoms in total. The Balaban J connectivity index is 0.00000169. The van der Waals surface area contributed by atoms with Gasteiger partial charge in [0.25, 0.3) is 0 Å². The van der Waals surface area contributed by atoms with Crippen molar-refractivity contribution in [1.29, 1.82) is 0 Å². The van der Waals surface area contributed by atoms with Gasteiger partial charge in [-0.2, -0.15) is 13.2 Å². The molecule has 0 aromatic heterocycles. The van der Waals surface area contributed by atoms with Crippen molar-refractivity contribution >= 4 is 6.21 Å². The third-order valence-corrected chi connectivity index (χ3v) is 1.44. The molecule has 0 atom stereocenters. The van der Waals surface area contributed by atoms with E-state index < -0.39 is 11.7 Å². The summed E-state index contributed by atoms with van der Waals surface area (Å²) in [6.45, 7) is 0. The van der Waals surface area contributed by atoms with Gasteiger partial charge in [0.1, 0.15) is 0 Å². The Morgan fingerprint density at radius 1 is 1.14 bits per heavy atom. The topological polar surface area (TPSA) is 35.4 Å². The van der Waals surface area contributed by atoms with E-state index in [-0.39, 0.29) is 29.6 Å². The van der Waals surface area contributed by atoms with Crippen LogP contribution in [-0.2, 0) is 6.18 Å². The second-order valence-electron chi connectivity index (χ2n) is 2.35. The molecular formula is C8H5F3NNaO. The van der Waals surface area contributed by atoms with Crippen molar-refractivity contribution < 1.29 is 42.7 Å². The molecule has 0 N–H and O–H groups in total. The van der Waals surface area contributed by atoms with E-state index >= 15 is 0 Å². The molecule has 1 aromatic rings. The van der Waals surface area contributed by atoms with E-state index in [0.29, 0.717) is 5.56 Å². The Labute approximate surface area is 101 Å². The molecule has 0 amide bonds. The third kappa shape index (κ3) is 3.69. The molecule has 0 fully saturated rings.